The van der Waals surface area contributed by atoms with Crippen molar-refractivity contribution in [3.63, 3.8) is 0 Å². The second kappa shape index (κ2) is 5.68. The van der Waals surface area contributed by atoms with Crippen LogP contribution in [0.3, 0.4) is 0 Å². The van der Waals surface area contributed by atoms with Gasteiger partial charge in [-0.05, 0) is 25.3 Å². The lowest BCUT2D eigenvalue weighted by atomic mass is 9.77. The molecule has 0 aromatic carbocycles. The summed E-state index contributed by atoms with van der Waals surface area (Å²) in [4.78, 5) is 17.7. The topological polar surface area (TPSA) is 77.2 Å². The van der Waals surface area contributed by atoms with E-state index >= 15 is 0 Å². The van der Waals surface area contributed by atoms with Crippen molar-refractivity contribution in [1.82, 2.24) is 4.98 Å². The van der Waals surface area contributed by atoms with Gasteiger partial charge in [-0.25, -0.2) is 4.98 Å². The lowest BCUT2D eigenvalue weighted by Gasteiger charge is -2.40. The van der Waals surface area contributed by atoms with Gasteiger partial charge in [0, 0.05) is 19.3 Å². The van der Waals surface area contributed by atoms with E-state index < -0.39 is 11.4 Å². The lowest BCUT2D eigenvalue weighted by Crippen LogP contribution is -2.48. The molecular formula is C14H16ClN3O2. The van der Waals surface area contributed by atoms with Crippen LogP contribution >= 0.6 is 11.6 Å². The van der Waals surface area contributed by atoms with E-state index in [0.717, 1.165) is 6.42 Å². The molecule has 0 bridgehead atoms. The molecule has 106 valence electrons. The van der Waals surface area contributed by atoms with Crippen molar-refractivity contribution in [2.24, 2.45) is 5.41 Å². The summed E-state index contributed by atoms with van der Waals surface area (Å²) in [6, 6.07) is 3.57. The van der Waals surface area contributed by atoms with Crippen LogP contribution in [0.5, 0.6) is 0 Å². The molecule has 1 N–H and O–H groups in total. The number of anilines is 1. The lowest BCUT2D eigenvalue weighted by molar-refractivity contribution is -0.149. The molecule has 0 aliphatic carbocycles. The van der Waals surface area contributed by atoms with E-state index in [1.165, 1.54) is 6.20 Å². The van der Waals surface area contributed by atoms with E-state index in [-0.39, 0.29) is 0 Å². The molecule has 0 amide bonds. The number of nitriles is 1. The second-order valence-corrected chi connectivity index (χ2v) is 5.45. The zero-order valence-corrected chi connectivity index (χ0v) is 12.0. The van der Waals surface area contributed by atoms with Gasteiger partial charge in [-0.2, -0.15) is 5.26 Å². The Morgan fingerprint density at radius 1 is 1.70 bits per heavy atom. The number of carbonyl (C=O) groups is 1. The molecule has 0 saturated carbocycles. The number of carboxylic acid groups (broad SMARTS) is 1. The summed E-state index contributed by atoms with van der Waals surface area (Å²) in [5, 5.41) is 18.8. The first kappa shape index (κ1) is 14.6. The molecule has 6 heteroatoms. The number of aromatic nitrogens is 1. The fraction of sp³-hybridized carbons (Fsp3) is 0.500. The molecule has 1 aromatic heterocycles. The van der Waals surface area contributed by atoms with Crippen LogP contribution in [0.1, 0.15) is 31.7 Å². The predicted octanol–water partition coefficient (Wildman–Crippen LogP) is 2.69. The molecule has 5 nitrogen and oxygen atoms in total. The molecule has 1 aromatic rings. The second-order valence-electron chi connectivity index (χ2n) is 5.07. The summed E-state index contributed by atoms with van der Waals surface area (Å²) in [7, 11) is 0. The number of rotatable bonds is 3. The monoisotopic (exact) mass is 293 g/mol. The summed E-state index contributed by atoms with van der Waals surface area (Å²) < 4.78 is 0. The van der Waals surface area contributed by atoms with Crippen molar-refractivity contribution >= 4 is 23.4 Å². The molecule has 1 aliphatic heterocycles. The van der Waals surface area contributed by atoms with Crippen molar-refractivity contribution in [2.45, 2.75) is 26.2 Å². The Bertz CT molecular complexity index is 570. The Labute approximate surface area is 122 Å². The molecule has 0 radical (unpaired) electrons. The Morgan fingerprint density at radius 2 is 2.45 bits per heavy atom. The largest absolute Gasteiger partial charge is 0.481 e. The number of nitrogens with zero attached hydrogens (tertiary/aromatic N) is 3. The number of pyridine rings is 1. The van der Waals surface area contributed by atoms with E-state index in [9.17, 15) is 9.90 Å². The Balaban J connectivity index is 2.35. The van der Waals surface area contributed by atoms with Crippen molar-refractivity contribution in [3.8, 4) is 6.07 Å². The van der Waals surface area contributed by atoms with E-state index in [0.29, 0.717) is 42.3 Å². The van der Waals surface area contributed by atoms with Crippen LogP contribution in [0.15, 0.2) is 12.3 Å². The van der Waals surface area contributed by atoms with Crippen LogP contribution in [0.25, 0.3) is 0 Å². The first-order valence-electron chi connectivity index (χ1n) is 6.57. The highest BCUT2D eigenvalue weighted by atomic mass is 35.5. The summed E-state index contributed by atoms with van der Waals surface area (Å²) in [6.07, 6.45) is 3.52. The van der Waals surface area contributed by atoms with Crippen LogP contribution < -0.4 is 4.90 Å². The number of halogens is 1. The van der Waals surface area contributed by atoms with Gasteiger partial charge in [0.1, 0.15) is 16.9 Å². The molecule has 0 spiro atoms. The average molecular weight is 294 g/mol. The molecule has 1 aliphatic rings. The van der Waals surface area contributed by atoms with Crippen molar-refractivity contribution in [2.75, 3.05) is 18.0 Å². The molecule has 2 heterocycles. The van der Waals surface area contributed by atoms with Crippen LogP contribution in [-0.2, 0) is 4.79 Å². The predicted molar refractivity (Wildman–Crippen MR) is 75.8 cm³/mol. The van der Waals surface area contributed by atoms with Gasteiger partial charge in [0.05, 0.1) is 11.0 Å². The van der Waals surface area contributed by atoms with Crippen LogP contribution in [0.2, 0.25) is 5.02 Å². The third-order valence-corrected chi connectivity index (χ3v) is 4.37. The fourth-order valence-corrected chi connectivity index (χ4v) is 2.94. The van der Waals surface area contributed by atoms with Crippen molar-refractivity contribution in [3.05, 3.63) is 22.8 Å². The first-order valence-corrected chi connectivity index (χ1v) is 6.95. The molecule has 1 unspecified atom stereocenters. The average Bonchev–Trinajstić information content (AvgIpc) is 2.47. The van der Waals surface area contributed by atoms with Gasteiger partial charge >= 0.3 is 5.97 Å². The maximum Gasteiger partial charge on any atom is 0.311 e. The standard InChI is InChI=1S/C14H16ClN3O2/c1-2-14(13(19)20)5-3-7-18(9-14)12-11(15)10(8-16)4-6-17-12/h4,6H,2-3,5,7,9H2,1H3,(H,19,20). The summed E-state index contributed by atoms with van der Waals surface area (Å²) in [5.74, 6) is -0.276. The van der Waals surface area contributed by atoms with Gasteiger partial charge in [0.2, 0.25) is 0 Å². The van der Waals surface area contributed by atoms with E-state index in [1.807, 2.05) is 17.9 Å². The Morgan fingerprint density at radius 3 is 3.05 bits per heavy atom. The zero-order valence-electron chi connectivity index (χ0n) is 11.3. The minimum absolute atomic E-state index is 0.298. The normalized spacial score (nSPS) is 22.4. The van der Waals surface area contributed by atoms with Gasteiger partial charge in [0.25, 0.3) is 0 Å². The first-order chi connectivity index (χ1) is 9.54. The SMILES string of the molecule is CCC1(C(=O)O)CCCN(c2nccc(C#N)c2Cl)C1. The van der Waals surface area contributed by atoms with E-state index in [1.54, 1.807) is 6.07 Å². The summed E-state index contributed by atoms with van der Waals surface area (Å²) >= 11 is 6.18. The molecule has 2 rings (SSSR count). The van der Waals surface area contributed by atoms with E-state index in [2.05, 4.69) is 4.98 Å². The summed E-state index contributed by atoms with van der Waals surface area (Å²) in [5.41, 5.74) is -0.397. The van der Waals surface area contributed by atoms with Crippen LogP contribution in [0.4, 0.5) is 5.82 Å². The third kappa shape index (κ3) is 2.44. The highest BCUT2D eigenvalue weighted by Gasteiger charge is 2.41. The molecule has 20 heavy (non-hydrogen) atoms. The van der Waals surface area contributed by atoms with Gasteiger partial charge in [-0.15, -0.1) is 0 Å². The molecule has 1 fully saturated rings. The minimum atomic E-state index is -0.780. The number of carboxylic acids is 1. The number of hydrogen-bond donors (Lipinski definition) is 1. The fourth-order valence-electron chi connectivity index (χ4n) is 2.67. The Hall–Kier alpha value is -1.80. The quantitative estimate of drug-likeness (QED) is 0.927. The third-order valence-electron chi connectivity index (χ3n) is 4.00. The maximum absolute atomic E-state index is 11.6. The van der Waals surface area contributed by atoms with Crippen molar-refractivity contribution < 1.29 is 9.90 Å². The zero-order chi connectivity index (χ0) is 14.8. The highest BCUT2D eigenvalue weighted by molar-refractivity contribution is 6.34. The summed E-state index contributed by atoms with van der Waals surface area (Å²) in [6.45, 7) is 2.97. The van der Waals surface area contributed by atoms with Crippen LogP contribution in [0, 0.1) is 16.7 Å². The molecule has 1 saturated heterocycles. The highest BCUT2D eigenvalue weighted by Crippen LogP contribution is 2.37. The Kier molecular flexibility index (Phi) is 4.15. The van der Waals surface area contributed by atoms with Crippen LogP contribution in [-0.4, -0.2) is 29.1 Å². The van der Waals surface area contributed by atoms with Gasteiger partial charge in [-0.1, -0.05) is 18.5 Å². The smallest absolute Gasteiger partial charge is 0.311 e. The number of hydrogen-bond acceptors (Lipinski definition) is 4. The number of piperidine rings is 1. The maximum atomic E-state index is 11.6. The van der Waals surface area contributed by atoms with Crippen molar-refractivity contribution in [1.29, 1.82) is 5.26 Å². The molecular weight excluding hydrogens is 278 g/mol. The van der Waals surface area contributed by atoms with E-state index in [4.69, 9.17) is 16.9 Å². The minimum Gasteiger partial charge on any atom is -0.481 e. The van der Waals surface area contributed by atoms with Gasteiger partial charge in [0.15, 0.2) is 0 Å². The molecule has 1 atom stereocenters. The van der Waals surface area contributed by atoms with Gasteiger partial charge in [-0.3, -0.25) is 4.79 Å². The van der Waals surface area contributed by atoms with Gasteiger partial charge < -0.3 is 10.0 Å². The number of aliphatic carboxylic acids is 1.